The molecule has 0 saturated heterocycles. The van der Waals surface area contributed by atoms with Gasteiger partial charge in [0.25, 0.3) is 0 Å². The molecule has 0 fully saturated rings. The number of terminal acetylenes is 1. The molecule has 72 valence electrons. The molecule has 4 heteroatoms. The Morgan fingerprint density at radius 2 is 2.00 bits per heavy atom. The summed E-state index contributed by atoms with van der Waals surface area (Å²) in [5, 5.41) is 2.37. The first-order chi connectivity index (χ1) is 6.02. The number of methoxy groups -OCH3 is 1. The van der Waals surface area contributed by atoms with Gasteiger partial charge in [0.1, 0.15) is 0 Å². The minimum atomic E-state index is -0.986. The van der Waals surface area contributed by atoms with Gasteiger partial charge < -0.3 is 10.1 Å². The number of ether oxygens (including phenoxy) is 1. The molecule has 0 radical (unpaired) electrons. The second-order valence-corrected chi connectivity index (χ2v) is 2.79. The van der Waals surface area contributed by atoms with Crippen molar-refractivity contribution in [2.24, 2.45) is 5.92 Å². The zero-order valence-corrected chi connectivity index (χ0v) is 7.96. The summed E-state index contributed by atoms with van der Waals surface area (Å²) in [5.74, 6) is 1.03. The molecule has 1 amide bonds. The molecule has 4 nitrogen and oxygen atoms in total. The summed E-state index contributed by atoms with van der Waals surface area (Å²) in [6.45, 7) is 3.42. The van der Waals surface area contributed by atoms with E-state index in [1.807, 2.05) is 0 Å². The van der Waals surface area contributed by atoms with Crippen LogP contribution in [0.4, 0.5) is 0 Å². The largest absolute Gasteiger partial charge is 0.467 e. The van der Waals surface area contributed by atoms with E-state index in [2.05, 4.69) is 16.0 Å². The molecule has 0 aliphatic rings. The highest BCUT2D eigenvalue weighted by molar-refractivity contribution is 5.87. The Morgan fingerprint density at radius 1 is 1.46 bits per heavy atom. The maximum absolute atomic E-state index is 11.1. The number of carbonyl (C=O) groups excluding carboxylic acids is 2. The van der Waals surface area contributed by atoms with Crippen LogP contribution in [0, 0.1) is 18.3 Å². The Morgan fingerprint density at radius 3 is 2.31 bits per heavy atom. The molecule has 0 aromatic carbocycles. The summed E-state index contributed by atoms with van der Waals surface area (Å²) in [7, 11) is 1.22. The fourth-order valence-corrected chi connectivity index (χ4v) is 0.595. The predicted molar refractivity (Wildman–Crippen MR) is 47.6 cm³/mol. The van der Waals surface area contributed by atoms with Crippen molar-refractivity contribution in [1.29, 1.82) is 0 Å². The van der Waals surface area contributed by atoms with Crippen molar-refractivity contribution >= 4 is 11.9 Å². The van der Waals surface area contributed by atoms with Crippen molar-refractivity contribution in [1.82, 2.24) is 5.32 Å². The first-order valence-corrected chi connectivity index (χ1v) is 3.87. The van der Waals surface area contributed by atoms with Crippen molar-refractivity contribution in [3.63, 3.8) is 0 Å². The minimum Gasteiger partial charge on any atom is -0.467 e. The fraction of sp³-hybridized carbons (Fsp3) is 0.556. The highest BCUT2D eigenvalue weighted by atomic mass is 16.5. The van der Waals surface area contributed by atoms with Crippen molar-refractivity contribution in [3.05, 3.63) is 0 Å². The van der Waals surface area contributed by atoms with E-state index in [1.54, 1.807) is 13.8 Å². The first kappa shape index (κ1) is 11.5. The number of hydrogen-bond donors (Lipinski definition) is 1. The van der Waals surface area contributed by atoms with Gasteiger partial charge in [0, 0.05) is 5.92 Å². The third-order valence-electron chi connectivity index (χ3n) is 1.41. The van der Waals surface area contributed by atoms with Crippen LogP contribution in [0.15, 0.2) is 0 Å². The summed E-state index contributed by atoms with van der Waals surface area (Å²) in [6.07, 6.45) is 5.03. The molecule has 0 aromatic rings. The summed E-state index contributed by atoms with van der Waals surface area (Å²) >= 11 is 0. The molecule has 0 unspecified atom stereocenters. The van der Waals surface area contributed by atoms with Gasteiger partial charge in [0.2, 0.25) is 5.91 Å². The highest BCUT2D eigenvalue weighted by Crippen LogP contribution is 1.93. The van der Waals surface area contributed by atoms with Gasteiger partial charge in [-0.05, 0) is 0 Å². The SMILES string of the molecule is C#C[C@H](NC(=O)C(C)C)C(=O)OC. The highest BCUT2D eigenvalue weighted by Gasteiger charge is 2.19. The number of rotatable bonds is 3. The van der Waals surface area contributed by atoms with Crippen molar-refractivity contribution in [2.45, 2.75) is 19.9 Å². The van der Waals surface area contributed by atoms with Crippen LogP contribution in [0.3, 0.4) is 0 Å². The number of hydrogen-bond acceptors (Lipinski definition) is 3. The molecule has 1 N–H and O–H groups in total. The van der Waals surface area contributed by atoms with Crippen LogP contribution in [0.2, 0.25) is 0 Å². The quantitative estimate of drug-likeness (QED) is 0.492. The second kappa shape index (κ2) is 5.20. The standard InChI is InChI=1S/C9H13NO3/c1-5-7(9(12)13-4)10-8(11)6(2)3/h1,6-7H,2-4H3,(H,10,11)/t7-/m0/s1. The van der Waals surface area contributed by atoms with Gasteiger partial charge in [-0.15, -0.1) is 6.42 Å². The Balaban J connectivity index is 4.24. The molecule has 13 heavy (non-hydrogen) atoms. The van der Waals surface area contributed by atoms with E-state index in [0.717, 1.165) is 0 Å². The summed E-state index contributed by atoms with van der Waals surface area (Å²) in [6, 6.07) is -0.986. The van der Waals surface area contributed by atoms with Crippen LogP contribution in [0.25, 0.3) is 0 Å². The third-order valence-corrected chi connectivity index (χ3v) is 1.41. The molecule has 0 saturated carbocycles. The molecule has 0 rings (SSSR count). The molecule has 0 spiro atoms. The minimum absolute atomic E-state index is 0.208. The van der Waals surface area contributed by atoms with E-state index >= 15 is 0 Å². The molecular weight excluding hydrogens is 170 g/mol. The number of carbonyl (C=O) groups is 2. The lowest BCUT2D eigenvalue weighted by Gasteiger charge is -2.12. The van der Waals surface area contributed by atoms with Crippen LogP contribution < -0.4 is 5.32 Å². The maximum Gasteiger partial charge on any atom is 0.341 e. The van der Waals surface area contributed by atoms with Crippen molar-refractivity contribution in [2.75, 3.05) is 7.11 Å². The maximum atomic E-state index is 11.1. The molecule has 0 bridgehead atoms. The normalized spacial score (nSPS) is 11.6. The van der Waals surface area contributed by atoms with Gasteiger partial charge in [-0.2, -0.15) is 0 Å². The molecule has 0 aliphatic heterocycles. The fourth-order valence-electron chi connectivity index (χ4n) is 0.595. The van der Waals surface area contributed by atoms with Crippen molar-refractivity contribution < 1.29 is 14.3 Å². The summed E-state index contributed by atoms with van der Waals surface area (Å²) < 4.78 is 4.39. The Hall–Kier alpha value is -1.50. The molecule has 1 atom stereocenters. The van der Waals surface area contributed by atoms with E-state index in [-0.39, 0.29) is 11.8 Å². The Kier molecular flexibility index (Phi) is 4.60. The van der Waals surface area contributed by atoms with Gasteiger partial charge in [0.05, 0.1) is 7.11 Å². The Labute approximate surface area is 77.6 Å². The number of nitrogens with one attached hydrogen (secondary N) is 1. The van der Waals surface area contributed by atoms with Crippen LogP contribution in [0.5, 0.6) is 0 Å². The molecular formula is C9H13NO3. The smallest absolute Gasteiger partial charge is 0.341 e. The van der Waals surface area contributed by atoms with Gasteiger partial charge in [0.15, 0.2) is 6.04 Å². The number of esters is 1. The van der Waals surface area contributed by atoms with E-state index < -0.39 is 12.0 Å². The van der Waals surface area contributed by atoms with Crippen molar-refractivity contribution in [3.8, 4) is 12.3 Å². The van der Waals surface area contributed by atoms with E-state index in [4.69, 9.17) is 6.42 Å². The molecule has 0 heterocycles. The lowest BCUT2D eigenvalue weighted by molar-refractivity contribution is -0.143. The zero-order valence-electron chi connectivity index (χ0n) is 7.96. The monoisotopic (exact) mass is 183 g/mol. The van der Waals surface area contributed by atoms with Gasteiger partial charge in [-0.3, -0.25) is 4.79 Å². The molecule has 0 aliphatic carbocycles. The average molecular weight is 183 g/mol. The number of amides is 1. The Bertz CT molecular complexity index is 240. The topological polar surface area (TPSA) is 55.4 Å². The zero-order chi connectivity index (χ0) is 10.4. The molecule has 0 aromatic heterocycles. The predicted octanol–water partition coefficient (Wildman–Crippen LogP) is -0.0666. The van der Waals surface area contributed by atoms with Crippen LogP contribution in [-0.4, -0.2) is 25.0 Å². The van der Waals surface area contributed by atoms with Crippen LogP contribution in [-0.2, 0) is 14.3 Å². The van der Waals surface area contributed by atoms with Gasteiger partial charge in [-0.1, -0.05) is 19.8 Å². The summed E-state index contributed by atoms with van der Waals surface area (Å²) in [5.41, 5.74) is 0. The first-order valence-electron chi connectivity index (χ1n) is 3.87. The van der Waals surface area contributed by atoms with E-state index in [1.165, 1.54) is 7.11 Å². The lowest BCUT2D eigenvalue weighted by atomic mass is 10.2. The van der Waals surface area contributed by atoms with E-state index in [0.29, 0.717) is 0 Å². The second-order valence-electron chi connectivity index (χ2n) is 2.79. The van der Waals surface area contributed by atoms with Gasteiger partial charge in [-0.25, -0.2) is 4.79 Å². The van der Waals surface area contributed by atoms with Crippen LogP contribution in [0.1, 0.15) is 13.8 Å². The van der Waals surface area contributed by atoms with Crippen LogP contribution >= 0.6 is 0 Å². The van der Waals surface area contributed by atoms with Gasteiger partial charge >= 0.3 is 5.97 Å². The third kappa shape index (κ3) is 3.61. The average Bonchev–Trinajstić information content (AvgIpc) is 2.12. The lowest BCUT2D eigenvalue weighted by Crippen LogP contribution is -2.42. The summed E-state index contributed by atoms with van der Waals surface area (Å²) in [4.78, 5) is 22.0. The van der Waals surface area contributed by atoms with E-state index in [9.17, 15) is 9.59 Å².